The van der Waals surface area contributed by atoms with Gasteiger partial charge in [0.25, 0.3) is 11.1 Å². The lowest BCUT2D eigenvalue weighted by molar-refractivity contribution is -0.129. The van der Waals surface area contributed by atoms with E-state index in [2.05, 4.69) is 25.8 Å². The number of rotatable bonds is 10. The molecule has 2 aromatic heterocycles. The van der Waals surface area contributed by atoms with Crippen molar-refractivity contribution < 1.29 is 18.9 Å². The minimum Gasteiger partial charge on any atom is -0.344 e. The molecule has 0 bridgehead atoms. The lowest BCUT2D eigenvalue weighted by atomic mass is 9.80. The average molecular weight is 488 g/mol. The summed E-state index contributed by atoms with van der Waals surface area (Å²) in [5.41, 5.74) is -0.701. The van der Waals surface area contributed by atoms with Crippen LogP contribution >= 0.6 is 11.8 Å². The quantitative estimate of drug-likeness (QED) is 0.383. The first-order chi connectivity index (χ1) is 16.2. The molecule has 0 saturated heterocycles. The maximum absolute atomic E-state index is 13.6. The molecule has 1 aliphatic carbocycles. The number of thioether (sulfide) groups is 1. The molecule has 184 valence electrons. The highest BCUT2D eigenvalue weighted by atomic mass is 32.2. The Morgan fingerprint density at radius 1 is 1.15 bits per heavy atom. The third kappa shape index (κ3) is 6.65. The minimum absolute atomic E-state index is 0.0498. The number of Topliss-reactive ketones (excluding diaryl/α,β-unsaturated/α-hetero) is 1. The Hall–Kier alpha value is -2.75. The van der Waals surface area contributed by atoms with Crippen molar-refractivity contribution in [2.24, 2.45) is 5.92 Å². The number of aromatic nitrogens is 3. The van der Waals surface area contributed by atoms with Gasteiger partial charge in [-0.05, 0) is 37.3 Å². The Balaban J connectivity index is 1.80. The monoisotopic (exact) mass is 487 g/mol. The van der Waals surface area contributed by atoms with Gasteiger partial charge in [-0.1, -0.05) is 63.9 Å². The summed E-state index contributed by atoms with van der Waals surface area (Å²) in [6.07, 6.45) is 7.09. The standard InChI is InChI=1S/C24H33N5O4S/c1-15(2)13-18(19(30)20-27-23(33-29-20)34-16(3)4)26-22(32)24(10-6-5-7-11-24)28-21(31)17-9-8-12-25-14-17/h8-9,12,14-16,18H,5-7,10-11,13H2,1-4H3,(H,26,32)(H,28,31)/t18-/m0/s1. The van der Waals surface area contributed by atoms with Crippen molar-refractivity contribution in [2.45, 2.75) is 88.3 Å². The van der Waals surface area contributed by atoms with Crippen molar-refractivity contribution >= 4 is 29.4 Å². The van der Waals surface area contributed by atoms with Crippen molar-refractivity contribution in [3.8, 4) is 0 Å². The van der Waals surface area contributed by atoms with Gasteiger partial charge in [0.15, 0.2) is 0 Å². The Morgan fingerprint density at radius 2 is 1.88 bits per heavy atom. The normalized spacial score (nSPS) is 16.3. The van der Waals surface area contributed by atoms with Crippen LogP contribution in [0.5, 0.6) is 0 Å². The summed E-state index contributed by atoms with van der Waals surface area (Å²) >= 11 is 1.37. The van der Waals surface area contributed by atoms with E-state index in [0.717, 1.165) is 19.3 Å². The molecule has 3 rings (SSSR count). The van der Waals surface area contributed by atoms with E-state index in [0.29, 0.717) is 30.0 Å². The molecule has 2 heterocycles. The molecular weight excluding hydrogens is 454 g/mol. The van der Waals surface area contributed by atoms with Gasteiger partial charge in [0, 0.05) is 17.6 Å². The topological polar surface area (TPSA) is 127 Å². The maximum atomic E-state index is 13.6. The third-order valence-corrected chi connectivity index (χ3v) is 6.55. The molecule has 1 atom stereocenters. The molecule has 1 aliphatic rings. The van der Waals surface area contributed by atoms with Crippen LogP contribution in [0.15, 0.2) is 34.3 Å². The van der Waals surface area contributed by atoms with Crippen LogP contribution in [0.3, 0.4) is 0 Å². The number of carbonyl (C=O) groups is 3. The number of ketones is 1. The van der Waals surface area contributed by atoms with Gasteiger partial charge in [-0.25, -0.2) is 0 Å². The minimum atomic E-state index is -1.09. The van der Waals surface area contributed by atoms with E-state index in [9.17, 15) is 14.4 Å². The Labute approximate surface area is 204 Å². The van der Waals surface area contributed by atoms with Crippen LogP contribution in [0.2, 0.25) is 0 Å². The number of amides is 2. The first-order valence-electron chi connectivity index (χ1n) is 11.8. The molecule has 2 aromatic rings. The predicted molar refractivity (Wildman–Crippen MR) is 129 cm³/mol. The molecule has 0 unspecified atom stereocenters. The van der Waals surface area contributed by atoms with E-state index in [1.165, 1.54) is 18.0 Å². The molecule has 0 aromatic carbocycles. The molecule has 2 amide bonds. The van der Waals surface area contributed by atoms with Crippen LogP contribution in [0.4, 0.5) is 0 Å². The zero-order chi connectivity index (χ0) is 24.7. The molecule has 0 aliphatic heterocycles. The van der Waals surface area contributed by atoms with Crippen LogP contribution in [0, 0.1) is 5.92 Å². The number of nitrogens with one attached hydrogen (secondary N) is 2. The van der Waals surface area contributed by atoms with Crippen LogP contribution in [-0.4, -0.2) is 49.6 Å². The average Bonchev–Trinajstić information content (AvgIpc) is 3.26. The van der Waals surface area contributed by atoms with Gasteiger partial charge in [0.1, 0.15) is 5.54 Å². The third-order valence-electron chi connectivity index (χ3n) is 5.71. The highest BCUT2D eigenvalue weighted by molar-refractivity contribution is 7.99. The molecular formula is C24H33N5O4S. The summed E-state index contributed by atoms with van der Waals surface area (Å²) in [6, 6.07) is 2.51. The molecule has 34 heavy (non-hydrogen) atoms. The first-order valence-corrected chi connectivity index (χ1v) is 12.7. The van der Waals surface area contributed by atoms with Crippen molar-refractivity contribution in [3.63, 3.8) is 0 Å². The lowest BCUT2D eigenvalue weighted by Gasteiger charge is -2.37. The van der Waals surface area contributed by atoms with Gasteiger partial charge in [0.2, 0.25) is 17.5 Å². The fourth-order valence-electron chi connectivity index (χ4n) is 4.07. The van der Waals surface area contributed by atoms with Crippen LogP contribution in [0.1, 0.15) is 87.2 Å². The number of nitrogens with zero attached hydrogens (tertiary/aromatic N) is 3. The predicted octanol–water partition coefficient (Wildman–Crippen LogP) is 3.81. The highest BCUT2D eigenvalue weighted by Crippen LogP contribution is 2.30. The van der Waals surface area contributed by atoms with Gasteiger partial charge in [0.05, 0.1) is 11.6 Å². The number of hydrogen-bond acceptors (Lipinski definition) is 8. The molecule has 0 radical (unpaired) electrons. The summed E-state index contributed by atoms with van der Waals surface area (Å²) in [5.74, 6) is -1.02. The molecule has 0 spiro atoms. The van der Waals surface area contributed by atoms with Crippen molar-refractivity contribution in [1.82, 2.24) is 25.8 Å². The zero-order valence-corrected chi connectivity index (χ0v) is 21.0. The fraction of sp³-hybridized carbons (Fsp3) is 0.583. The summed E-state index contributed by atoms with van der Waals surface area (Å²) in [7, 11) is 0. The van der Waals surface area contributed by atoms with Crippen molar-refractivity contribution in [2.75, 3.05) is 0 Å². The second-order valence-corrected chi connectivity index (χ2v) is 10.9. The van der Waals surface area contributed by atoms with Gasteiger partial charge in [-0.15, -0.1) is 0 Å². The zero-order valence-electron chi connectivity index (χ0n) is 20.2. The molecule has 10 heteroatoms. The van der Waals surface area contributed by atoms with Crippen molar-refractivity contribution in [1.29, 1.82) is 0 Å². The Morgan fingerprint density at radius 3 is 2.50 bits per heavy atom. The van der Waals surface area contributed by atoms with Crippen LogP contribution in [-0.2, 0) is 4.79 Å². The summed E-state index contributed by atoms with van der Waals surface area (Å²) in [6.45, 7) is 7.93. The van der Waals surface area contributed by atoms with Gasteiger partial charge >= 0.3 is 0 Å². The molecule has 2 N–H and O–H groups in total. The maximum Gasteiger partial charge on any atom is 0.286 e. The van der Waals surface area contributed by atoms with E-state index >= 15 is 0 Å². The van der Waals surface area contributed by atoms with E-state index in [1.54, 1.807) is 18.3 Å². The first kappa shape index (κ1) is 25.9. The van der Waals surface area contributed by atoms with Gasteiger partial charge in [-0.2, -0.15) is 4.98 Å². The van der Waals surface area contributed by atoms with E-state index in [4.69, 9.17) is 4.52 Å². The second-order valence-electron chi connectivity index (χ2n) is 9.41. The van der Waals surface area contributed by atoms with E-state index < -0.39 is 17.4 Å². The molecule has 1 saturated carbocycles. The smallest absolute Gasteiger partial charge is 0.286 e. The van der Waals surface area contributed by atoms with Gasteiger partial charge in [-0.3, -0.25) is 19.4 Å². The van der Waals surface area contributed by atoms with Crippen LogP contribution < -0.4 is 10.6 Å². The highest BCUT2D eigenvalue weighted by Gasteiger charge is 2.43. The lowest BCUT2D eigenvalue weighted by Crippen LogP contribution is -2.62. The fourth-order valence-corrected chi connectivity index (χ4v) is 4.69. The van der Waals surface area contributed by atoms with Crippen LogP contribution in [0.25, 0.3) is 0 Å². The molecule has 1 fully saturated rings. The summed E-state index contributed by atoms with van der Waals surface area (Å²) in [4.78, 5) is 47.9. The Bertz CT molecular complexity index is 986. The number of pyridine rings is 1. The number of carbonyl (C=O) groups excluding carboxylic acids is 3. The van der Waals surface area contributed by atoms with E-state index in [-0.39, 0.29) is 28.8 Å². The number of hydrogen-bond donors (Lipinski definition) is 2. The van der Waals surface area contributed by atoms with E-state index in [1.807, 2.05) is 27.7 Å². The second kappa shape index (κ2) is 11.6. The molecule has 9 nitrogen and oxygen atoms in total. The summed E-state index contributed by atoms with van der Waals surface area (Å²) in [5, 5.41) is 10.3. The largest absolute Gasteiger partial charge is 0.344 e. The van der Waals surface area contributed by atoms with Gasteiger partial charge < -0.3 is 15.2 Å². The van der Waals surface area contributed by atoms with Crippen molar-refractivity contribution in [3.05, 3.63) is 35.9 Å². The Kier molecular flexibility index (Phi) is 8.82. The summed E-state index contributed by atoms with van der Waals surface area (Å²) < 4.78 is 5.20. The SMILES string of the molecule is CC(C)C[C@H](NC(=O)C1(NC(=O)c2cccnc2)CCCCC1)C(=O)c1noc(SC(C)C)n1.